The van der Waals surface area contributed by atoms with Crippen LogP contribution in [-0.2, 0) is 25.2 Å². The lowest BCUT2D eigenvalue weighted by Gasteiger charge is -2.25. The number of hydrazone groups is 1. The highest BCUT2D eigenvalue weighted by molar-refractivity contribution is 7.90. The molecule has 1 aliphatic rings. The maximum absolute atomic E-state index is 12.8. The Morgan fingerprint density at radius 1 is 1.12 bits per heavy atom. The Bertz CT molecular complexity index is 1540. The van der Waals surface area contributed by atoms with Gasteiger partial charge in [-0.15, -0.1) is 4.40 Å². The van der Waals surface area contributed by atoms with Crippen LogP contribution >= 0.6 is 11.6 Å². The molecule has 0 saturated carbocycles. The minimum absolute atomic E-state index is 0.0886. The quantitative estimate of drug-likeness (QED) is 0.169. The highest BCUT2D eigenvalue weighted by Gasteiger charge is 2.44. The van der Waals surface area contributed by atoms with E-state index in [-0.39, 0.29) is 30.4 Å². The van der Waals surface area contributed by atoms with Crippen LogP contribution in [0.4, 0.5) is 0 Å². The van der Waals surface area contributed by atoms with Crippen LogP contribution in [0.25, 0.3) is 0 Å². The molecule has 208 valence electrons. The number of guanidine groups is 1. The van der Waals surface area contributed by atoms with E-state index in [1.807, 2.05) is 6.07 Å². The molecule has 12 heteroatoms. The van der Waals surface area contributed by atoms with Crippen LogP contribution < -0.4 is 10.5 Å². The molecule has 0 fully saturated rings. The summed E-state index contributed by atoms with van der Waals surface area (Å²) in [6.07, 6.45) is 2.83. The standard InChI is InChI=1S/C28H27ClN4O6S/c1-2-38-25(34)9-6-18-39-23-14-10-20(11-15-23)26-28(35,21-7-4-3-5-8-21)19-33(31-26)27(30)32-40(36,37)24-16-12-22(29)13-17-24/h3-17,35H,2,18-19H2,1H3,(H2,30,32)/b9-6+. The molecule has 0 saturated heterocycles. The zero-order chi connectivity index (χ0) is 28.8. The molecule has 3 aromatic carbocycles. The summed E-state index contributed by atoms with van der Waals surface area (Å²) >= 11 is 5.86. The van der Waals surface area contributed by atoms with E-state index >= 15 is 0 Å². The van der Waals surface area contributed by atoms with Gasteiger partial charge in [-0.2, -0.15) is 13.5 Å². The van der Waals surface area contributed by atoms with Gasteiger partial charge in [-0.05, 0) is 67.1 Å². The summed E-state index contributed by atoms with van der Waals surface area (Å²) in [5, 5.41) is 17.9. The number of halogens is 1. The van der Waals surface area contributed by atoms with Crippen molar-refractivity contribution >= 4 is 39.3 Å². The van der Waals surface area contributed by atoms with Crippen molar-refractivity contribution in [1.82, 2.24) is 5.01 Å². The van der Waals surface area contributed by atoms with Gasteiger partial charge in [0.1, 0.15) is 18.1 Å². The van der Waals surface area contributed by atoms with Gasteiger partial charge in [-0.25, -0.2) is 9.80 Å². The minimum Gasteiger partial charge on any atom is -0.490 e. The highest BCUT2D eigenvalue weighted by atomic mass is 35.5. The van der Waals surface area contributed by atoms with Crippen LogP contribution in [0.3, 0.4) is 0 Å². The first-order valence-corrected chi connectivity index (χ1v) is 14.0. The third-order valence-corrected chi connectivity index (χ3v) is 7.39. The fourth-order valence-electron chi connectivity index (χ4n) is 3.92. The van der Waals surface area contributed by atoms with Crippen LogP contribution in [0, 0.1) is 0 Å². The number of aliphatic hydroxyl groups is 1. The average Bonchev–Trinajstić information content (AvgIpc) is 3.31. The van der Waals surface area contributed by atoms with Crippen LogP contribution in [-0.4, -0.2) is 55.9 Å². The number of carbonyl (C=O) groups is 1. The van der Waals surface area contributed by atoms with E-state index in [4.69, 9.17) is 26.8 Å². The molecule has 1 atom stereocenters. The number of nitrogens with two attached hydrogens (primary N) is 1. The summed E-state index contributed by atoms with van der Waals surface area (Å²) in [6.45, 7) is 1.99. The number of sulfonamides is 1. The zero-order valence-electron chi connectivity index (χ0n) is 21.5. The predicted molar refractivity (Wildman–Crippen MR) is 152 cm³/mol. The Kier molecular flexibility index (Phi) is 8.88. The number of carbonyl (C=O) groups excluding carboxylic acids is 1. The number of esters is 1. The van der Waals surface area contributed by atoms with E-state index in [0.717, 1.165) is 5.01 Å². The summed E-state index contributed by atoms with van der Waals surface area (Å²) in [5.41, 5.74) is 5.80. The van der Waals surface area contributed by atoms with Crippen molar-refractivity contribution < 1.29 is 27.8 Å². The number of hydrogen-bond donors (Lipinski definition) is 2. The smallest absolute Gasteiger partial charge is 0.330 e. The second-order valence-corrected chi connectivity index (χ2v) is 10.6. The topological polar surface area (TPSA) is 144 Å². The number of ether oxygens (including phenoxy) is 2. The molecule has 1 heterocycles. The van der Waals surface area contributed by atoms with Crippen molar-refractivity contribution in [3.05, 3.63) is 107 Å². The Balaban J connectivity index is 1.60. The summed E-state index contributed by atoms with van der Waals surface area (Å²) in [6, 6.07) is 21.1. The molecule has 0 bridgehead atoms. The number of benzene rings is 3. The molecular weight excluding hydrogens is 556 g/mol. The van der Waals surface area contributed by atoms with Crippen molar-refractivity contribution in [2.24, 2.45) is 15.2 Å². The lowest BCUT2D eigenvalue weighted by Crippen LogP contribution is -2.42. The van der Waals surface area contributed by atoms with Gasteiger partial charge < -0.3 is 20.3 Å². The maximum Gasteiger partial charge on any atom is 0.330 e. The molecule has 0 aromatic heterocycles. The summed E-state index contributed by atoms with van der Waals surface area (Å²) < 4.78 is 39.8. The average molecular weight is 583 g/mol. The van der Waals surface area contributed by atoms with Gasteiger partial charge in [0.2, 0.25) is 5.96 Å². The molecular formula is C28H27ClN4O6S. The monoisotopic (exact) mass is 582 g/mol. The second-order valence-electron chi connectivity index (χ2n) is 8.60. The Hall–Kier alpha value is -4.19. The molecule has 1 aliphatic heterocycles. The lowest BCUT2D eigenvalue weighted by atomic mass is 9.86. The zero-order valence-corrected chi connectivity index (χ0v) is 23.0. The summed E-state index contributed by atoms with van der Waals surface area (Å²) in [7, 11) is -4.16. The Morgan fingerprint density at radius 3 is 2.45 bits per heavy atom. The van der Waals surface area contributed by atoms with Gasteiger partial charge in [-0.3, -0.25) is 0 Å². The van der Waals surface area contributed by atoms with Crippen LogP contribution in [0.15, 0.2) is 105 Å². The molecule has 3 N–H and O–H groups in total. The minimum atomic E-state index is -4.16. The number of rotatable bonds is 9. The van der Waals surface area contributed by atoms with Crippen molar-refractivity contribution in [1.29, 1.82) is 0 Å². The fraction of sp³-hybridized carbons (Fsp3) is 0.179. The molecule has 0 spiro atoms. The van der Waals surface area contributed by atoms with Crippen LogP contribution in [0.5, 0.6) is 5.75 Å². The van der Waals surface area contributed by atoms with E-state index in [0.29, 0.717) is 21.9 Å². The van der Waals surface area contributed by atoms with E-state index in [1.54, 1.807) is 61.5 Å². The van der Waals surface area contributed by atoms with E-state index in [2.05, 4.69) is 9.50 Å². The first kappa shape index (κ1) is 28.8. The van der Waals surface area contributed by atoms with E-state index < -0.39 is 27.6 Å². The van der Waals surface area contributed by atoms with Gasteiger partial charge in [-0.1, -0.05) is 41.9 Å². The summed E-state index contributed by atoms with van der Waals surface area (Å²) in [5.74, 6) is -0.340. The van der Waals surface area contributed by atoms with Crippen molar-refractivity contribution in [2.45, 2.75) is 17.4 Å². The molecule has 40 heavy (non-hydrogen) atoms. The van der Waals surface area contributed by atoms with Crippen molar-refractivity contribution in [2.75, 3.05) is 19.8 Å². The number of β-amino-alcohol motifs (C(OH)–C–C–N with tert-alkyl or cyclic N) is 1. The Labute approximate surface area is 237 Å². The first-order valence-electron chi connectivity index (χ1n) is 12.2. The fourth-order valence-corrected chi connectivity index (χ4v) is 4.97. The third kappa shape index (κ3) is 6.68. The van der Waals surface area contributed by atoms with Gasteiger partial charge in [0.25, 0.3) is 10.0 Å². The van der Waals surface area contributed by atoms with Crippen LogP contribution in [0.1, 0.15) is 18.1 Å². The SMILES string of the molecule is CCOC(=O)/C=C/COc1ccc(C2=NN(/C(N)=N/S(=O)(=O)c3ccc(Cl)cc3)CC2(O)c2ccccc2)cc1. The molecule has 1 unspecified atom stereocenters. The molecule has 0 aliphatic carbocycles. The summed E-state index contributed by atoms with van der Waals surface area (Å²) in [4.78, 5) is 11.3. The van der Waals surface area contributed by atoms with E-state index in [1.165, 1.54) is 30.3 Å². The van der Waals surface area contributed by atoms with Gasteiger partial charge in [0.15, 0.2) is 5.60 Å². The third-order valence-electron chi connectivity index (χ3n) is 5.85. The van der Waals surface area contributed by atoms with Crippen molar-refractivity contribution in [3.63, 3.8) is 0 Å². The van der Waals surface area contributed by atoms with Crippen molar-refractivity contribution in [3.8, 4) is 5.75 Å². The van der Waals surface area contributed by atoms with Gasteiger partial charge in [0.05, 0.1) is 18.0 Å². The highest BCUT2D eigenvalue weighted by Crippen LogP contribution is 2.33. The number of hydrogen-bond acceptors (Lipinski definition) is 7. The first-order chi connectivity index (χ1) is 19.1. The number of nitrogens with zero attached hydrogens (tertiary/aromatic N) is 3. The Morgan fingerprint density at radius 2 is 1.80 bits per heavy atom. The second kappa shape index (κ2) is 12.3. The molecule has 0 radical (unpaired) electrons. The van der Waals surface area contributed by atoms with E-state index in [9.17, 15) is 18.3 Å². The maximum atomic E-state index is 12.8. The normalized spacial score (nSPS) is 17.6. The van der Waals surface area contributed by atoms with Crippen LogP contribution in [0.2, 0.25) is 5.02 Å². The molecule has 3 aromatic rings. The molecule has 10 nitrogen and oxygen atoms in total. The lowest BCUT2D eigenvalue weighted by molar-refractivity contribution is -0.137. The molecule has 4 rings (SSSR count). The predicted octanol–water partition coefficient (Wildman–Crippen LogP) is 3.45. The largest absolute Gasteiger partial charge is 0.490 e. The van der Waals surface area contributed by atoms with Gasteiger partial charge in [0, 0.05) is 16.7 Å². The van der Waals surface area contributed by atoms with Gasteiger partial charge >= 0.3 is 5.97 Å². The molecule has 0 amide bonds.